The Bertz CT molecular complexity index is 925. The lowest BCUT2D eigenvalue weighted by molar-refractivity contribution is -0.132. The standard InChI is InChI=1S/C19H19N3O4S/c1-6-14-10-20-18(27-14)13(3)21-26-11-16-12(2)8-7-9-15(16)17(22-25-5)19(23)24-4/h1,7-10H,11H2,2-5H3/b21-13+,22-17+. The third-order valence-electron chi connectivity index (χ3n) is 3.59. The summed E-state index contributed by atoms with van der Waals surface area (Å²) in [5, 5.41) is 8.58. The van der Waals surface area contributed by atoms with Crippen molar-refractivity contribution in [2.24, 2.45) is 10.3 Å². The van der Waals surface area contributed by atoms with E-state index in [4.69, 9.17) is 20.8 Å². The maximum atomic E-state index is 12.0. The number of aromatic nitrogens is 1. The van der Waals surface area contributed by atoms with E-state index >= 15 is 0 Å². The highest BCUT2D eigenvalue weighted by Gasteiger charge is 2.20. The monoisotopic (exact) mass is 385 g/mol. The van der Waals surface area contributed by atoms with Crippen molar-refractivity contribution in [3.05, 3.63) is 51.0 Å². The number of methoxy groups -OCH3 is 1. The topological polar surface area (TPSA) is 82.4 Å². The predicted molar refractivity (Wildman–Crippen MR) is 104 cm³/mol. The second kappa shape index (κ2) is 9.50. The molecule has 2 rings (SSSR count). The van der Waals surface area contributed by atoms with Crippen molar-refractivity contribution >= 4 is 28.7 Å². The van der Waals surface area contributed by atoms with Crippen LogP contribution in [0.2, 0.25) is 0 Å². The van der Waals surface area contributed by atoms with Crippen LogP contribution in [-0.4, -0.2) is 36.6 Å². The lowest BCUT2D eigenvalue weighted by Crippen LogP contribution is -2.20. The molecule has 140 valence electrons. The molecule has 0 fully saturated rings. The lowest BCUT2D eigenvalue weighted by atomic mass is 9.99. The Kier molecular flexibility index (Phi) is 7.08. The van der Waals surface area contributed by atoms with E-state index in [9.17, 15) is 4.79 Å². The largest absolute Gasteiger partial charge is 0.464 e. The second-order valence-corrected chi connectivity index (χ2v) is 6.37. The van der Waals surface area contributed by atoms with Gasteiger partial charge < -0.3 is 14.4 Å². The third-order valence-corrected chi connectivity index (χ3v) is 4.63. The van der Waals surface area contributed by atoms with Gasteiger partial charge in [0.2, 0.25) is 0 Å². The molecule has 0 aliphatic carbocycles. The Hall–Kier alpha value is -3.18. The smallest absolute Gasteiger partial charge is 0.360 e. The van der Waals surface area contributed by atoms with Crippen LogP contribution in [-0.2, 0) is 25.8 Å². The lowest BCUT2D eigenvalue weighted by Gasteiger charge is -2.12. The number of carbonyl (C=O) groups is 1. The first-order chi connectivity index (χ1) is 13.0. The number of ether oxygens (including phenoxy) is 1. The number of terminal acetylenes is 1. The van der Waals surface area contributed by atoms with Gasteiger partial charge in [0.25, 0.3) is 0 Å². The van der Waals surface area contributed by atoms with E-state index in [1.165, 1.54) is 25.6 Å². The number of thiazole rings is 1. The molecule has 1 aromatic heterocycles. The quantitative estimate of drug-likeness (QED) is 0.317. The maximum absolute atomic E-state index is 12.0. The fraction of sp³-hybridized carbons (Fsp3) is 0.263. The minimum Gasteiger partial charge on any atom is -0.464 e. The van der Waals surface area contributed by atoms with E-state index in [1.54, 1.807) is 19.2 Å². The highest BCUT2D eigenvalue weighted by molar-refractivity contribution is 7.14. The molecule has 0 radical (unpaired) electrons. The van der Waals surface area contributed by atoms with Crippen LogP contribution in [0.25, 0.3) is 0 Å². The van der Waals surface area contributed by atoms with E-state index in [0.29, 0.717) is 16.3 Å². The molecule has 0 unspecified atom stereocenters. The van der Waals surface area contributed by atoms with E-state index in [1.807, 2.05) is 19.1 Å². The first kappa shape index (κ1) is 20.1. The van der Waals surface area contributed by atoms with Crippen LogP contribution in [0.5, 0.6) is 0 Å². The Labute approximate surface area is 161 Å². The number of aryl methyl sites for hydroxylation is 1. The van der Waals surface area contributed by atoms with Crippen molar-refractivity contribution in [2.45, 2.75) is 20.5 Å². The van der Waals surface area contributed by atoms with Gasteiger partial charge in [-0.25, -0.2) is 9.78 Å². The van der Waals surface area contributed by atoms with Crippen LogP contribution in [0, 0.1) is 19.3 Å². The summed E-state index contributed by atoms with van der Waals surface area (Å²) in [4.78, 5) is 27.2. The first-order valence-electron chi connectivity index (χ1n) is 7.89. The Morgan fingerprint density at radius 3 is 2.74 bits per heavy atom. The van der Waals surface area contributed by atoms with E-state index < -0.39 is 5.97 Å². The molecule has 0 aliphatic rings. The average molecular weight is 385 g/mol. The van der Waals surface area contributed by atoms with Gasteiger partial charge in [-0.05, 0) is 19.4 Å². The number of benzene rings is 1. The summed E-state index contributed by atoms with van der Waals surface area (Å²) >= 11 is 1.36. The van der Waals surface area contributed by atoms with Crippen LogP contribution in [0.4, 0.5) is 0 Å². The molecule has 0 spiro atoms. The molecule has 2 aromatic rings. The molecule has 0 N–H and O–H groups in total. The van der Waals surface area contributed by atoms with Crippen molar-refractivity contribution < 1.29 is 19.2 Å². The summed E-state index contributed by atoms with van der Waals surface area (Å²) in [6, 6.07) is 5.46. The Morgan fingerprint density at radius 2 is 2.11 bits per heavy atom. The SMILES string of the molecule is C#Cc1cnc(/C(C)=N/OCc2c(C)cccc2/C(=N\OC)C(=O)OC)s1. The molecule has 1 heterocycles. The second-order valence-electron chi connectivity index (χ2n) is 5.34. The fourth-order valence-corrected chi connectivity index (χ4v) is 2.90. The van der Waals surface area contributed by atoms with Crippen LogP contribution < -0.4 is 0 Å². The van der Waals surface area contributed by atoms with Gasteiger partial charge in [-0.2, -0.15) is 0 Å². The Morgan fingerprint density at radius 1 is 1.33 bits per heavy atom. The van der Waals surface area contributed by atoms with Gasteiger partial charge >= 0.3 is 5.97 Å². The first-order valence-corrected chi connectivity index (χ1v) is 8.71. The van der Waals surface area contributed by atoms with Gasteiger partial charge in [-0.15, -0.1) is 17.8 Å². The minimum atomic E-state index is -0.604. The number of esters is 1. The number of hydrogen-bond acceptors (Lipinski definition) is 8. The number of nitrogens with zero attached hydrogens (tertiary/aromatic N) is 3. The number of carbonyl (C=O) groups excluding carboxylic acids is 1. The molecule has 0 bridgehead atoms. The van der Waals surface area contributed by atoms with Crippen molar-refractivity contribution in [3.8, 4) is 12.3 Å². The molecule has 27 heavy (non-hydrogen) atoms. The predicted octanol–water partition coefficient (Wildman–Crippen LogP) is 2.90. The number of hydrogen-bond donors (Lipinski definition) is 0. The van der Waals surface area contributed by atoms with Crippen LogP contribution >= 0.6 is 11.3 Å². The molecule has 0 saturated heterocycles. The van der Waals surface area contributed by atoms with E-state index in [-0.39, 0.29) is 12.3 Å². The van der Waals surface area contributed by atoms with E-state index in [2.05, 4.69) is 21.2 Å². The minimum absolute atomic E-state index is 0.0570. The normalized spacial score (nSPS) is 11.7. The van der Waals surface area contributed by atoms with Gasteiger partial charge in [0.05, 0.1) is 18.2 Å². The van der Waals surface area contributed by atoms with Gasteiger partial charge in [0.1, 0.15) is 24.4 Å². The summed E-state index contributed by atoms with van der Waals surface area (Å²) in [6.45, 7) is 3.82. The van der Waals surface area contributed by atoms with E-state index in [0.717, 1.165) is 16.0 Å². The van der Waals surface area contributed by atoms with Gasteiger partial charge in [0.15, 0.2) is 5.71 Å². The van der Waals surface area contributed by atoms with Crippen LogP contribution in [0.15, 0.2) is 34.7 Å². The zero-order valence-corrected chi connectivity index (χ0v) is 16.3. The molecular weight excluding hydrogens is 366 g/mol. The number of rotatable bonds is 7. The van der Waals surface area contributed by atoms with Crippen LogP contribution in [0.1, 0.15) is 33.5 Å². The third kappa shape index (κ3) is 4.92. The highest BCUT2D eigenvalue weighted by Crippen LogP contribution is 2.18. The molecule has 7 nitrogen and oxygen atoms in total. The van der Waals surface area contributed by atoms with Gasteiger partial charge in [-0.1, -0.05) is 34.4 Å². The summed E-state index contributed by atoms with van der Waals surface area (Å²) in [5.74, 6) is 1.93. The number of oxime groups is 2. The molecule has 0 saturated carbocycles. The van der Waals surface area contributed by atoms with Gasteiger partial charge in [-0.3, -0.25) is 0 Å². The highest BCUT2D eigenvalue weighted by atomic mass is 32.1. The Balaban J connectivity index is 2.26. The zero-order valence-electron chi connectivity index (χ0n) is 15.5. The van der Waals surface area contributed by atoms with Crippen molar-refractivity contribution in [2.75, 3.05) is 14.2 Å². The molecule has 8 heteroatoms. The van der Waals surface area contributed by atoms with Crippen LogP contribution in [0.3, 0.4) is 0 Å². The summed E-state index contributed by atoms with van der Waals surface area (Å²) < 4.78 is 4.79. The van der Waals surface area contributed by atoms with Crippen molar-refractivity contribution in [1.82, 2.24) is 4.98 Å². The molecule has 0 atom stereocenters. The molecule has 0 aliphatic heterocycles. The molecule has 1 aromatic carbocycles. The molecular formula is C19H19N3O4S. The fourth-order valence-electron chi connectivity index (χ4n) is 2.24. The zero-order chi connectivity index (χ0) is 19.8. The summed E-state index contributed by atoms with van der Waals surface area (Å²) in [7, 11) is 2.65. The molecule has 0 amide bonds. The van der Waals surface area contributed by atoms with Crippen molar-refractivity contribution in [3.63, 3.8) is 0 Å². The summed E-state index contributed by atoms with van der Waals surface area (Å²) in [6.07, 6.45) is 6.97. The summed E-state index contributed by atoms with van der Waals surface area (Å²) in [5.41, 5.74) is 2.88. The van der Waals surface area contributed by atoms with Crippen molar-refractivity contribution in [1.29, 1.82) is 0 Å². The maximum Gasteiger partial charge on any atom is 0.360 e. The van der Waals surface area contributed by atoms with Gasteiger partial charge in [0, 0.05) is 11.1 Å². The average Bonchev–Trinajstić information content (AvgIpc) is 3.16.